The molecule has 0 bridgehead atoms. The van der Waals surface area contributed by atoms with Gasteiger partial charge in [0.15, 0.2) is 0 Å². The van der Waals surface area contributed by atoms with Gasteiger partial charge >= 0.3 is 12.1 Å². The van der Waals surface area contributed by atoms with Gasteiger partial charge in [-0.3, -0.25) is 0 Å². The molecule has 0 aliphatic rings. The number of hydrogen-bond donors (Lipinski definition) is 2. The molecule has 0 radical (unpaired) electrons. The second kappa shape index (κ2) is 19.0. The van der Waals surface area contributed by atoms with E-state index >= 15 is 0 Å². The van der Waals surface area contributed by atoms with Gasteiger partial charge < -0.3 is 19.9 Å². The van der Waals surface area contributed by atoms with Crippen LogP contribution in [0.5, 0.6) is 17.2 Å². The Morgan fingerprint density at radius 1 is 0.804 bits per heavy atom. The second-order valence-electron chi connectivity index (χ2n) is 11.7. The minimum Gasteiger partial charge on any atom is -0.489 e. The number of alkyl halides is 3. The van der Waals surface area contributed by atoms with Gasteiger partial charge in [-0.05, 0) is 100 Å². The van der Waals surface area contributed by atoms with Gasteiger partial charge in [0.1, 0.15) is 23.9 Å². The summed E-state index contributed by atoms with van der Waals surface area (Å²) in [6.07, 6.45) is -3.20. The molecule has 5 nitrogen and oxygen atoms in total. The third kappa shape index (κ3) is 11.5. The smallest absolute Gasteiger partial charge is 0.416 e. The number of anilines is 1. The zero-order valence-electron chi connectivity index (χ0n) is 30.0. The molecular weight excluding hydrogens is 651 g/mol. The second-order valence-corrected chi connectivity index (χ2v) is 11.7. The number of benzene rings is 5. The monoisotopic (exact) mass is 697 g/mol. The van der Waals surface area contributed by atoms with Crippen LogP contribution in [0, 0.1) is 0 Å². The van der Waals surface area contributed by atoms with Gasteiger partial charge in [-0.25, -0.2) is 4.79 Å². The fourth-order valence-electron chi connectivity index (χ4n) is 4.92. The highest BCUT2D eigenvalue weighted by Crippen LogP contribution is 2.36. The van der Waals surface area contributed by atoms with E-state index in [2.05, 4.69) is 25.7 Å². The normalized spacial score (nSPS) is 10.6. The third-order valence-corrected chi connectivity index (χ3v) is 7.34. The van der Waals surface area contributed by atoms with Crippen LogP contribution in [-0.4, -0.2) is 11.1 Å². The molecule has 5 aromatic rings. The van der Waals surface area contributed by atoms with Crippen LogP contribution in [0.25, 0.3) is 16.8 Å². The number of nitrogens with one attached hydrogen (secondary N) is 1. The number of aromatic carboxylic acids is 1. The van der Waals surface area contributed by atoms with E-state index < -0.39 is 17.7 Å². The maximum absolute atomic E-state index is 13.0. The summed E-state index contributed by atoms with van der Waals surface area (Å²) in [5, 5.41) is 13.3. The van der Waals surface area contributed by atoms with Gasteiger partial charge in [0.05, 0.1) is 16.8 Å². The predicted octanol–water partition coefficient (Wildman–Crippen LogP) is 13.1. The molecule has 5 aromatic carbocycles. The molecule has 0 atom stereocenters. The molecule has 2 N–H and O–H groups in total. The standard InChI is InChI=1S/C38H32F3NO4.C3H8.C2H6/c1-24(2)33-22-36(42-25(3)27-16-18-31(19-17-27)46-30-9-5-4-6-10-30)35(37(43)44)21-34(33)28-14-12-26(13-15-28)23-45-32-11-7-8-29(20-32)38(39,40)41;1-3-2;1-2/h4-22,24,42H,3,23H2,1-2H3,(H,43,44);3H2,1-2H3;1-2H3. The maximum Gasteiger partial charge on any atom is 0.416 e. The molecule has 0 saturated carbocycles. The summed E-state index contributed by atoms with van der Waals surface area (Å²) in [5.74, 6) is 0.467. The molecule has 0 spiro atoms. The van der Waals surface area contributed by atoms with Crippen LogP contribution < -0.4 is 14.8 Å². The lowest BCUT2D eigenvalue weighted by Gasteiger charge is -2.20. The van der Waals surface area contributed by atoms with Crippen molar-refractivity contribution in [1.82, 2.24) is 0 Å². The Hall–Kier alpha value is -5.50. The van der Waals surface area contributed by atoms with Crippen LogP contribution in [0.1, 0.15) is 86.5 Å². The van der Waals surface area contributed by atoms with Crippen LogP contribution in [0.15, 0.2) is 122 Å². The molecule has 0 heterocycles. The average Bonchev–Trinajstić information content (AvgIpc) is 3.12. The summed E-state index contributed by atoms with van der Waals surface area (Å²) in [5.41, 5.74) is 4.27. The molecule has 0 fully saturated rings. The molecule has 51 heavy (non-hydrogen) atoms. The molecule has 0 aromatic heterocycles. The minimum absolute atomic E-state index is 0.0602. The number of ether oxygens (including phenoxy) is 2. The summed E-state index contributed by atoms with van der Waals surface area (Å²) < 4.78 is 50.6. The number of rotatable bonds is 11. The number of hydrogen-bond acceptors (Lipinski definition) is 4. The number of carboxylic acids is 1. The molecular formula is C43H46F3NO4. The van der Waals surface area contributed by atoms with E-state index in [4.69, 9.17) is 9.47 Å². The van der Waals surface area contributed by atoms with E-state index in [-0.39, 0.29) is 23.8 Å². The van der Waals surface area contributed by atoms with Crippen LogP contribution in [0.3, 0.4) is 0 Å². The van der Waals surface area contributed by atoms with Crippen molar-refractivity contribution >= 4 is 17.4 Å². The molecule has 0 unspecified atom stereocenters. The van der Waals surface area contributed by atoms with Crippen LogP contribution in [0.2, 0.25) is 0 Å². The lowest BCUT2D eigenvalue weighted by atomic mass is 9.89. The molecule has 0 amide bonds. The topological polar surface area (TPSA) is 67.8 Å². The quantitative estimate of drug-likeness (QED) is 0.144. The summed E-state index contributed by atoms with van der Waals surface area (Å²) in [4.78, 5) is 12.4. The lowest BCUT2D eigenvalue weighted by Crippen LogP contribution is -2.08. The molecule has 8 heteroatoms. The average molecular weight is 698 g/mol. The summed E-state index contributed by atoms with van der Waals surface area (Å²) >= 11 is 0. The molecule has 0 aliphatic heterocycles. The van der Waals surface area contributed by atoms with Crippen LogP contribution in [-0.2, 0) is 12.8 Å². The van der Waals surface area contributed by atoms with Crippen molar-refractivity contribution in [1.29, 1.82) is 0 Å². The predicted molar refractivity (Wildman–Crippen MR) is 202 cm³/mol. The SMILES string of the molecule is C=C(Nc1cc(C(C)C)c(-c2ccc(COc3cccc(C(F)(F)F)c3)cc2)cc1C(=O)O)c1ccc(Oc2ccccc2)cc1.CC.CCC. The molecule has 5 rings (SSSR count). The first-order valence-corrected chi connectivity index (χ1v) is 17.0. The first-order valence-electron chi connectivity index (χ1n) is 17.0. The summed E-state index contributed by atoms with van der Waals surface area (Å²) in [6, 6.07) is 32.3. The number of carboxylic acid groups (broad SMARTS) is 1. The Bertz CT molecular complexity index is 1850. The zero-order chi connectivity index (χ0) is 37.6. The zero-order valence-corrected chi connectivity index (χ0v) is 30.0. The van der Waals surface area contributed by atoms with E-state index in [1.807, 2.05) is 113 Å². The Balaban J connectivity index is 0.00000133. The minimum atomic E-state index is -4.45. The highest BCUT2D eigenvalue weighted by molar-refractivity contribution is 5.98. The Kier molecular flexibility index (Phi) is 14.9. The van der Waals surface area contributed by atoms with Crippen molar-refractivity contribution in [2.24, 2.45) is 0 Å². The Morgan fingerprint density at radius 3 is 1.96 bits per heavy atom. The van der Waals surface area contributed by atoms with Gasteiger partial charge in [0.2, 0.25) is 0 Å². The fourth-order valence-corrected chi connectivity index (χ4v) is 4.92. The van der Waals surface area contributed by atoms with E-state index in [0.717, 1.165) is 45.7 Å². The summed E-state index contributed by atoms with van der Waals surface area (Å²) in [6.45, 7) is 16.5. The van der Waals surface area contributed by atoms with Crippen LogP contribution >= 0.6 is 0 Å². The van der Waals surface area contributed by atoms with Crippen LogP contribution in [0.4, 0.5) is 18.9 Å². The Labute approximate surface area is 299 Å². The van der Waals surface area contributed by atoms with E-state index in [0.29, 0.717) is 17.1 Å². The summed E-state index contributed by atoms with van der Waals surface area (Å²) in [7, 11) is 0. The maximum atomic E-state index is 13.0. The van der Waals surface area contributed by atoms with E-state index in [1.54, 1.807) is 6.07 Å². The number of halogens is 3. The Morgan fingerprint density at radius 2 is 1.39 bits per heavy atom. The first kappa shape index (κ1) is 39.9. The van der Waals surface area contributed by atoms with Gasteiger partial charge in [-0.15, -0.1) is 0 Å². The largest absolute Gasteiger partial charge is 0.489 e. The van der Waals surface area contributed by atoms with Crippen molar-refractivity contribution in [2.45, 2.75) is 66.7 Å². The number of para-hydroxylation sites is 1. The van der Waals surface area contributed by atoms with Gasteiger partial charge in [-0.2, -0.15) is 13.2 Å². The highest BCUT2D eigenvalue weighted by atomic mass is 19.4. The van der Waals surface area contributed by atoms with Gasteiger partial charge in [0.25, 0.3) is 0 Å². The lowest BCUT2D eigenvalue weighted by molar-refractivity contribution is -0.137. The van der Waals surface area contributed by atoms with Crippen molar-refractivity contribution in [3.8, 4) is 28.4 Å². The van der Waals surface area contributed by atoms with E-state index in [9.17, 15) is 23.1 Å². The van der Waals surface area contributed by atoms with Crippen molar-refractivity contribution in [3.63, 3.8) is 0 Å². The number of carbonyl (C=O) groups is 1. The van der Waals surface area contributed by atoms with E-state index in [1.165, 1.54) is 18.6 Å². The van der Waals surface area contributed by atoms with Crippen molar-refractivity contribution in [3.05, 3.63) is 150 Å². The molecule has 268 valence electrons. The molecule has 0 aliphatic carbocycles. The van der Waals surface area contributed by atoms with Gasteiger partial charge in [-0.1, -0.05) is 103 Å². The van der Waals surface area contributed by atoms with Crippen molar-refractivity contribution in [2.75, 3.05) is 5.32 Å². The fraction of sp³-hybridized carbons (Fsp3) is 0.233. The molecule has 0 saturated heterocycles. The third-order valence-electron chi connectivity index (χ3n) is 7.34. The van der Waals surface area contributed by atoms with Crippen molar-refractivity contribution < 1.29 is 32.5 Å². The first-order chi connectivity index (χ1) is 24.4. The van der Waals surface area contributed by atoms with Gasteiger partial charge in [0, 0.05) is 5.70 Å². The highest BCUT2D eigenvalue weighted by Gasteiger charge is 2.30.